The number of hydrogen-bond donors (Lipinski definition) is 2. The minimum absolute atomic E-state index is 0.220. The van der Waals surface area contributed by atoms with Gasteiger partial charge in [-0.25, -0.2) is 8.42 Å². The van der Waals surface area contributed by atoms with Crippen molar-refractivity contribution in [1.82, 2.24) is 5.32 Å². The summed E-state index contributed by atoms with van der Waals surface area (Å²) in [7, 11) is -2.09. The smallest absolute Gasteiger partial charge is 0.263 e. The molecule has 0 aliphatic rings. The Hall–Kier alpha value is -1.38. The number of nitrogens with one attached hydrogen (secondary N) is 2. The Morgan fingerprint density at radius 1 is 1.24 bits per heavy atom. The number of thiophene rings is 1. The molecule has 5 nitrogen and oxygen atoms in total. The number of carbonyl (C=O) groups is 1. The molecular formula is C13H13BrN2O3S2. The van der Waals surface area contributed by atoms with Crippen LogP contribution in [-0.2, 0) is 10.0 Å². The summed E-state index contributed by atoms with van der Waals surface area (Å²) in [4.78, 5) is 12.4. The Bertz CT molecular complexity index is 767. The van der Waals surface area contributed by atoms with Crippen LogP contribution in [0.5, 0.6) is 0 Å². The van der Waals surface area contributed by atoms with E-state index in [1.807, 2.05) is 0 Å². The third-order valence-electron chi connectivity index (χ3n) is 2.76. The standard InChI is InChI=1S/C13H13BrN2O3S2/c1-8-11(7-12(14)20-8)21(18,19)16-10-5-3-9(4-6-10)13(17)15-2/h3-7,16H,1-2H3,(H,15,17). The van der Waals surface area contributed by atoms with Crippen molar-refractivity contribution in [3.8, 4) is 0 Å². The summed E-state index contributed by atoms with van der Waals surface area (Å²) < 4.78 is 27.9. The van der Waals surface area contributed by atoms with Gasteiger partial charge in [-0.15, -0.1) is 11.3 Å². The Morgan fingerprint density at radius 2 is 1.86 bits per heavy atom. The van der Waals surface area contributed by atoms with Crippen molar-refractivity contribution in [3.05, 3.63) is 44.6 Å². The molecule has 8 heteroatoms. The fourth-order valence-electron chi connectivity index (χ4n) is 1.74. The molecule has 0 aliphatic heterocycles. The van der Waals surface area contributed by atoms with Crippen molar-refractivity contribution in [3.63, 3.8) is 0 Å². The maximum atomic E-state index is 12.3. The zero-order chi connectivity index (χ0) is 15.6. The molecule has 1 aromatic heterocycles. The highest BCUT2D eigenvalue weighted by atomic mass is 79.9. The number of aryl methyl sites for hydroxylation is 1. The predicted molar refractivity (Wildman–Crippen MR) is 87.4 cm³/mol. The largest absolute Gasteiger partial charge is 0.355 e. The van der Waals surface area contributed by atoms with E-state index in [2.05, 4.69) is 26.0 Å². The molecule has 0 saturated heterocycles. The van der Waals surface area contributed by atoms with Crippen LogP contribution in [0.1, 0.15) is 15.2 Å². The number of hydrogen-bond acceptors (Lipinski definition) is 4. The van der Waals surface area contributed by atoms with E-state index in [1.165, 1.54) is 18.4 Å². The van der Waals surface area contributed by atoms with Crippen molar-refractivity contribution >= 4 is 48.9 Å². The van der Waals surface area contributed by atoms with Gasteiger partial charge in [-0.05, 0) is 53.2 Å². The van der Waals surface area contributed by atoms with Gasteiger partial charge in [0, 0.05) is 23.2 Å². The number of halogens is 1. The van der Waals surface area contributed by atoms with Gasteiger partial charge < -0.3 is 5.32 Å². The molecule has 0 atom stereocenters. The third-order valence-corrected chi connectivity index (χ3v) is 5.95. The summed E-state index contributed by atoms with van der Waals surface area (Å²) in [6, 6.07) is 7.80. The van der Waals surface area contributed by atoms with E-state index in [1.54, 1.807) is 37.3 Å². The first-order chi connectivity index (χ1) is 9.83. The number of amides is 1. The van der Waals surface area contributed by atoms with E-state index < -0.39 is 10.0 Å². The highest BCUT2D eigenvalue weighted by Gasteiger charge is 2.19. The van der Waals surface area contributed by atoms with Crippen molar-refractivity contribution in [2.45, 2.75) is 11.8 Å². The van der Waals surface area contributed by atoms with E-state index in [0.717, 1.165) is 3.79 Å². The summed E-state index contributed by atoms with van der Waals surface area (Å²) >= 11 is 4.64. The van der Waals surface area contributed by atoms with Crippen LogP contribution in [0.25, 0.3) is 0 Å². The maximum absolute atomic E-state index is 12.3. The quantitative estimate of drug-likeness (QED) is 0.844. The van der Waals surface area contributed by atoms with Crippen LogP contribution in [0.2, 0.25) is 0 Å². The van der Waals surface area contributed by atoms with E-state index in [4.69, 9.17) is 0 Å². The zero-order valence-electron chi connectivity index (χ0n) is 11.3. The van der Waals surface area contributed by atoms with Gasteiger partial charge in [0.2, 0.25) is 0 Å². The lowest BCUT2D eigenvalue weighted by Crippen LogP contribution is -2.18. The molecule has 1 aromatic carbocycles. The first-order valence-corrected chi connectivity index (χ1v) is 9.03. The normalized spacial score (nSPS) is 11.2. The first-order valence-electron chi connectivity index (χ1n) is 5.94. The second-order valence-electron chi connectivity index (χ2n) is 4.23. The molecule has 0 bridgehead atoms. The Balaban J connectivity index is 2.25. The van der Waals surface area contributed by atoms with Crippen molar-refractivity contribution in [2.24, 2.45) is 0 Å². The SMILES string of the molecule is CNC(=O)c1ccc(NS(=O)(=O)c2cc(Br)sc2C)cc1. The molecule has 0 radical (unpaired) electrons. The number of rotatable bonds is 4. The topological polar surface area (TPSA) is 75.3 Å². The maximum Gasteiger partial charge on any atom is 0.263 e. The van der Waals surface area contributed by atoms with Gasteiger partial charge in [0.25, 0.3) is 15.9 Å². The van der Waals surface area contributed by atoms with Crippen LogP contribution in [0.4, 0.5) is 5.69 Å². The van der Waals surface area contributed by atoms with Gasteiger partial charge in [-0.3, -0.25) is 9.52 Å². The summed E-state index contributed by atoms with van der Waals surface area (Å²) in [5.74, 6) is -0.220. The first kappa shape index (κ1) is 16.0. The minimum Gasteiger partial charge on any atom is -0.355 e. The Kier molecular flexibility index (Phi) is 4.70. The molecule has 1 amide bonds. The van der Waals surface area contributed by atoms with Crippen LogP contribution in [0, 0.1) is 6.92 Å². The van der Waals surface area contributed by atoms with Gasteiger partial charge in [0.05, 0.1) is 3.79 Å². The fourth-order valence-corrected chi connectivity index (χ4v) is 5.22. The zero-order valence-corrected chi connectivity index (χ0v) is 14.5. The molecule has 1 heterocycles. The van der Waals surface area contributed by atoms with Crippen LogP contribution >= 0.6 is 27.3 Å². The second kappa shape index (κ2) is 6.17. The Morgan fingerprint density at radius 3 is 2.33 bits per heavy atom. The van der Waals surface area contributed by atoms with Crippen molar-refractivity contribution in [2.75, 3.05) is 11.8 Å². The van der Waals surface area contributed by atoms with Crippen LogP contribution in [-0.4, -0.2) is 21.4 Å². The summed E-state index contributed by atoms with van der Waals surface area (Å²) in [5, 5.41) is 2.50. The van der Waals surface area contributed by atoms with Gasteiger partial charge in [-0.1, -0.05) is 0 Å². The van der Waals surface area contributed by atoms with Crippen LogP contribution in [0.15, 0.2) is 39.0 Å². The lowest BCUT2D eigenvalue weighted by molar-refractivity contribution is 0.0963. The van der Waals surface area contributed by atoms with Gasteiger partial charge in [-0.2, -0.15) is 0 Å². The predicted octanol–water partition coefficient (Wildman–Crippen LogP) is 2.98. The molecule has 0 spiro atoms. The molecule has 2 aromatic rings. The number of benzene rings is 1. The van der Waals surface area contributed by atoms with Gasteiger partial charge in [0.15, 0.2) is 0 Å². The summed E-state index contributed by atoms with van der Waals surface area (Å²) in [6.45, 7) is 1.75. The highest BCUT2D eigenvalue weighted by molar-refractivity contribution is 9.11. The fraction of sp³-hybridized carbons (Fsp3) is 0.154. The van der Waals surface area contributed by atoms with Crippen LogP contribution < -0.4 is 10.0 Å². The summed E-state index contributed by atoms with van der Waals surface area (Å²) in [5.41, 5.74) is 0.874. The number of carbonyl (C=O) groups excluding carboxylic acids is 1. The average molecular weight is 389 g/mol. The van der Waals surface area contributed by atoms with Crippen LogP contribution in [0.3, 0.4) is 0 Å². The summed E-state index contributed by atoms with van der Waals surface area (Å²) in [6.07, 6.45) is 0. The molecule has 0 aliphatic carbocycles. The molecule has 112 valence electrons. The molecule has 0 fully saturated rings. The Labute approximate surface area is 135 Å². The highest BCUT2D eigenvalue weighted by Crippen LogP contribution is 2.30. The molecule has 0 saturated carbocycles. The number of anilines is 1. The second-order valence-corrected chi connectivity index (χ2v) is 8.52. The van der Waals surface area contributed by atoms with E-state index in [-0.39, 0.29) is 10.8 Å². The third kappa shape index (κ3) is 3.63. The monoisotopic (exact) mass is 388 g/mol. The van der Waals surface area contributed by atoms with Gasteiger partial charge in [0.1, 0.15) is 4.90 Å². The van der Waals surface area contributed by atoms with Gasteiger partial charge >= 0.3 is 0 Å². The lowest BCUT2D eigenvalue weighted by atomic mass is 10.2. The lowest BCUT2D eigenvalue weighted by Gasteiger charge is -2.08. The van der Waals surface area contributed by atoms with E-state index in [9.17, 15) is 13.2 Å². The van der Waals surface area contributed by atoms with Crippen molar-refractivity contribution in [1.29, 1.82) is 0 Å². The van der Waals surface area contributed by atoms with E-state index in [0.29, 0.717) is 16.1 Å². The van der Waals surface area contributed by atoms with Crippen molar-refractivity contribution < 1.29 is 13.2 Å². The molecule has 2 N–H and O–H groups in total. The molecular weight excluding hydrogens is 376 g/mol. The van der Waals surface area contributed by atoms with E-state index >= 15 is 0 Å². The molecule has 21 heavy (non-hydrogen) atoms. The average Bonchev–Trinajstić information content (AvgIpc) is 2.78. The minimum atomic E-state index is -3.63. The molecule has 0 unspecified atom stereocenters. The molecule has 2 rings (SSSR count). The number of sulfonamides is 1.